The minimum Gasteiger partial charge on any atom is -0.360 e. The number of benzene rings is 3. The van der Waals surface area contributed by atoms with Gasteiger partial charge in [-0.15, -0.1) is 0 Å². The number of hydrogen-bond donors (Lipinski definition) is 2. The van der Waals surface area contributed by atoms with Gasteiger partial charge >= 0.3 is 0 Å². The zero-order valence-corrected chi connectivity index (χ0v) is 17.8. The Kier molecular flexibility index (Phi) is 5.57. The number of amides is 1. The number of hydrogen-bond acceptors (Lipinski definition) is 2. The molecular weight excluding hydrogens is 398 g/mol. The predicted molar refractivity (Wildman–Crippen MR) is 125 cm³/mol. The average Bonchev–Trinajstić information content (AvgIpc) is 3.29. The molecule has 4 aromatic rings. The number of nitrogens with zero attached hydrogens (tertiary/aromatic N) is 1. The van der Waals surface area contributed by atoms with Crippen LogP contribution in [0.15, 0.2) is 91.1 Å². The molecule has 2 N–H and O–H groups in total. The number of fused-ring (bicyclic) bond motifs is 1. The van der Waals surface area contributed by atoms with Gasteiger partial charge in [-0.3, -0.25) is 9.59 Å². The normalized spacial score (nSPS) is 14.7. The number of ketones is 1. The van der Waals surface area contributed by atoms with Crippen LogP contribution in [-0.2, 0) is 4.79 Å². The molecule has 1 amide bonds. The van der Waals surface area contributed by atoms with Crippen molar-refractivity contribution in [3.63, 3.8) is 0 Å². The highest BCUT2D eigenvalue weighted by molar-refractivity contribution is 6.44. The lowest BCUT2D eigenvalue weighted by molar-refractivity contribution is -0.929. The quantitative estimate of drug-likeness (QED) is 0.382. The predicted octanol–water partition coefficient (Wildman–Crippen LogP) is 2.87. The van der Waals surface area contributed by atoms with E-state index in [0.717, 1.165) is 24.0 Å². The number of para-hydroxylation sites is 1. The highest BCUT2D eigenvalue weighted by atomic mass is 16.2. The molecule has 0 aliphatic carbocycles. The van der Waals surface area contributed by atoms with Crippen molar-refractivity contribution in [1.29, 1.82) is 0 Å². The summed E-state index contributed by atoms with van der Waals surface area (Å²) in [7, 11) is 0. The number of piperazine rings is 1. The van der Waals surface area contributed by atoms with Crippen LogP contribution in [0, 0.1) is 0 Å². The van der Waals surface area contributed by atoms with Crippen LogP contribution in [0.5, 0.6) is 0 Å². The van der Waals surface area contributed by atoms with Crippen molar-refractivity contribution in [1.82, 2.24) is 9.88 Å². The molecule has 5 nitrogen and oxygen atoms in total. The van der Waals surface area contributed by atoms with Crippen LogP contribution in [0.4, 0.5) is 0 Å². The Morgan fingerprint density at radius 1 is 0.781 bits per heavy atom. The van der Waals surface area contributed by atoms with E-state index in [9.17, 15) is 9.59 Å². The van der Waals surface area contributed by atoms with E-state index in [1.165, 1.54) is 16.0 Å². The third-order valence-electron chi connectivity index (χ3n) is 6.40. The number of aromatic nitrogens is 1. The van der Waals surface area contributed by atoms with E-state index in [1.807, 2.05) is 36.4 Å². The molecule has 0 radical (unpaired) electrons. The monoisotopic (exact) mass is 424 g/mol. The van der Waals surface area contributed by atoms with Gasteiger partial charge in [0, 0.05) is 28.2 Å². The van der Waals surface area contributed by atoms with Crippen LogP contribution >= 0.6 is 0 Å². The van der Waals surface area contributed by atoms with Crippen molar-refractivity contribution in [2.24, 2.45) is 0 Å². The van der Waals surface area contributed by atoms with E-state index in [4.69, 9.17) is 0 Å². The Labute approximate surface area is 187 Å². The van der Waals surface area contributed by atoms with Crippen molar-refractivity contribution in [3.05, 3.63) is 108 Å². The molecule has 3 aromatic carbocycles. The van der Waals surface area contributed by atoms with E-state index in [2.05, 4.69) is 53.5 Å². The number of carbonyl (C=O) groups excluding carboxylic acids is 2. The van der Waals surface area contributed by atoms with Gasteiger partial charge < -0.3 is 14.8 Å². The van der Waals surface area contributed by atoms with Crippen LogP contribution in [0.2, 0.25) is 0 Å². The topological polar surface area (TPSA) is 57.6 Å². The van der Waals surface area contributed by atoms with Crippen LogP contribution in [-0.4, -0.2) is 47.8 Å². The summed E-state index contributed by atoms with van der Waals surface area (Å²) >= 11 is 0. The van der Waals surface area contributed by atoms with Crippen molar-refractivity contribution in [3.8, 4) is 0 Å². The maximum absolute atomic E-state index is 13.0. The summed E-state index contributed by atoms with van der Waals surface area (Å²) < 4.78 is 0. The van der Waals surface area contributed by atoms with Crippen LogP contribution in [0.3, 0.4) is 0 Å². The Balaban J connectivity index is 1.32. The zero-order chi connectivity index (χ0) is 21.9. The number of carbonyl (C=O) groups is 2. The minimum atomic E-state index is -0.437. The Bertz CT molecular complexity index is 1190. The molecular formula is C27H26N3O2+. The van der Waals surface area contributed by atoms with E-state index >= 15 is 0 Å². The average molecular weight is 425 g/mol. The maximum Gasteiger partial charge on any atom is 0.295 e. The van der Waals surface area contributed by atoms with Gasteiger partial charge in [-0.05, 0) is 6.07 Å². The number of aromatic amines is 1. The molecule has 1 aliphatic heterocycles. The SMILES string of the molecule is O=C(C(=O)N1CC[NH+](C(c2ccccc2)c2ccccc2)CC1)c1c[nH]c2ccccc12. The standard InChI is InChI=1S/C27H25N3O2/c31-26(23-19-28-24-14-8-7-13-22(23)24)27(32)30-17-15-29(16-18-30)25(20-9-3-1-4-10-20)21-11-5-2-6-12-21/h1-14,19,25,28H,15-18H2/p+1. The summed E-state index contributed by atoms with van der Waals surface area (Å²) in [5.41, 5.74) is 3.85. The molecule has 0 bridgehead atoms. The van der Waals surface area contributed by atoms with Crippen LogP contribution in [0.25, 0.3) is 10.9 Å². The second-order valence-electron chi connectivity index (χ2n) is 8.28. The van der Waals surface area contributed by atoms with Crippen molar-refractivity contribution >= 4 is 22.6 Å². The molecule has 160 valence electrons. The van der Waals surface area contributed by atoms with Gasteiger partial charge in [0.15, 0.2) is 0 Å². The summed E-state index contributed by atoms with van der Waals surface area (Å²) in [5.74, 6) is -0.849. The number of H-pyrrole nitrogens is 1. The fourth-order valence-electron chi connectivity index (χ4n) is 4.76. The lowest BCUT2D eigenvalue weighted by Gasteiger charge is -2.36. The molecule has 1 saturated heterocycles. The second kappa shape index (κ2) is 8.81. The van der Waals surface area contributed by atoms with Gasteiger partial charge in [0.1, 0.15) is 6.04 Å². The summed E-state index contributed by atoms with van der Waals surface area (Å²) in [6.45, 7) is 2.72. The highest BCUT2D eigenvalue weighted by Gasteiger charge is 2.34. The first-order chi connectivity index (χ1) is 15.7. The van der Waals surface area contributed by atoms with Crippen LogP contribution in [0.1, 0.15) is 27.5 Å². The Morgan fingerprint density at radius 3 is 1.97 bits per heavy atom. The number of quaternary nitrogens is 1. The molecule has 0 atom stereocenters. The van der Waals surface area contributed by atoms with Gasteiger partial charge in [0.05, 0.1) is 31.7 Å². The van der Waals surface area contributed by atoms with Gasteiger partial charge in [-0.2, -0.15) is 0 Å². The minimum absolute atomic E-state index is 0.207. The van der Waals surface area contributed by atoms with Crippen molar-refractivity contribution in [2.45, 2.75) is 6.04 Å². The molecule has 0 spiro atoms. The van der Waals surface area contributed by atoms with Gasteiger partial charge in [-0.1, -0.05) is 78.9 Å². The van der Waals surface area contributed by atoms with Crippen molar-refractivity contribution in [2.75, 3.05) is 26.2 Å². The summed E-state index contributed by atoms with van der Waals surface area (Å²) in [4.78, 5) is 32.2. The summed E-state index contributed by atoms with van der Waals surface area (Å²) in [6.07, 6.45) is 1.65. The Morgan fingerprint density at radius 2 is 1.34 bits per heavy atom. The van der Waals surface area contributed by atoms with E-state index in [0.29, 0.717) is 18.7 Å². The third kappa shape index (κ3) is 3.83. The smallest absolute Gasteiger partial charge is 0.295 e. The van der Waals surface area contributed by atoms with Gasteiger partial charge in [0.25, 0.3) is 11.7 Å². The van der Waals surface area contributed by atoms with Crippen LogP contribution < -0.4 is 4.90 Å². The number of nitrogens with one attached hydrogen (secondary N) is 2. The molecule has 1 fully saturated rings. The molecule has 32 heavy (non-hydrogen) atoms. The first-order valence-corrected chi connectivity index (χ1v) is 11.1. The third-order valence-corrected chi connectivity index (χ3v) is 6.40. The number of Topliss-reactive ketones (excluding diaryl/α,β-unsaturated/α-hetero) is 1. The van der Waals surface area contributed by atoms with Crippen molar-refractivity contribution < 1.29 is 14.5 Å². The number of rotatable bonds is 5. The maximum atomic E-state index is 13.0. The summed E-state index contributed by atoms with van der Waals surface area (Å²) in [5, 5.41) is 0.795. The van der Waals surface area contributed by atoms with E-state index < -0.39 is 11.7 Å². The first kappa shape index (κ1) is 20.2. The molecule has 0 saturated carbocycles. The van der Waals surface area contributed by atoms with Gasteiger partial charge in [0.2, 0.25) is 0 Å². The van der Waals surface area contributed by atoms with Gasteiger partial charge in [-0.25, -0.2) is 0 Å². The molecule has 0 unspecified atom stereocenters. The fraction of sp³-hybridized carbons (Fsp3) is 0.185. The molecule has 5 heteroatoms. The zero-order valence-electron chi connectivity index (χ0n) is 17.8. The molecule has 2 heterocycles. The molecule has 5 rings (SSSR count). The second-order valence-corrected chi connectivity index (χ2v) is 8.28. The lowest BCUT2D eigenvalue weighted by atomic mass is 9.96. The highest BCUT2D eigenvalue weighted by Crippen LogP contribution is 2.21. The fourth-order valence-corrected chi connectivity index (χ4v) is 4.76. The van der Waals surface area contributed by atoms with E-state index in [-0.39, 0.29) is 6.04 Å². The van der Waals surface area contributed by atoms with E-state index in [1.54, 1.807) is 11.1 Å². The lowest BCUT2D eigenvalue weighted by Crippen LogP contribution is -3.15. The molecule has 1 aromatic heterocycles. The summed E-state index contributed by atoms with van der Waals surface area (Å²) in [6, 6.07) is 28.8. The molecule has 1 aliphatic rings. The Hall–Kier alpha value is -3.70. The first-order valence-electron chi connectivity index (χ1n) is 11.1. The largest absolute Gasteiger partial charge is 0.360 e.